The van der Waals surface area contributed by atoms with Crippen molar-refractivity contribution in [2.75, 3.05) is 26.3 Å². The Kier molecular flexibility index (Phi) is 9.58. The highest BCUT2D eigenvalue weighted by Gasteiger charge is 2.68. The highest BCUT2D eigenvalue weighted by atomic mass is 32.2. The molecule has 11 nitrogen and oxygen atoms in total. The molecular weight excluding hydrogens is 576 g/mol. The van der Waals surface area contributed by atoms with Crippen LogP contribution < -0.4 is 5.32 Å². The lowest BCUT2D eigenvalue weighted by molar-refractivity contribution is -0.203. The van der Waals surface area contributed by atoms with E-state index in [9.17, 15) is 28.2 Å². The number of amides is 1. The number of hydrogen-bond donors (Lipinski definition) is 3. The molecule has 2 saturated heterocycles. The first-order valence-electron chi connectivity index (χ1n) is 14.4. The topological polar surface area (TPSA) is 152 Å². The van der Waals surface area contributed by atoms with Crippen LogP contribution in [0.15, 0.2) is 59.5 Å². The Morgan fingerprint density at radius 3 is 2.28 bits per heavy atom. The third-order valence-corrected chi connectivity index (χ3v) is 10.7. The number of carboxylic acid groups (broad SMARTS) is 1. The molecule has 2 aromatic carbocycles. The van der Waals surface area contributed by atoms with E-state index in [-0.39, 0.29) is 42.5 Å². The first-order chi connectivity index (χ1) is 20.1. The van der Waals surface area contributed by atoms with Gasteiger partial charge in [-0.25, -0.2) is 18.0 Å². The number of carbonyl (C=O) groups is 2. The van der Waals surface area contributed by atoms with Crippen molar-refractivity contribution in [1.82, 2.24) is 9.62 Å². The van der Waals surface area contributed by atoms with Crippen LogP contribution in [0.25, 0.3) is 0 Å². The number of hydrogen-bond acceptors (Lipinski definition) is 8. The van der Waals surface area contributed by atoms with Crippen molar-refractivity contribution in [3.8, 4) is 0 Å². The zero-order chi connectivity index (χ0) is 31.6. The van der Waals surface area contributed by atoms with E-state index in [0.29, 0.717) is 13.0 Å². The van der Waals surface area contributed by atoms with Crippen LogP contribution in [0.1, 0.15) is 57.0 Å². The average Bonchev–Trinajstić information content (AvgIpc) is 3.35. The number of carboxylic acids is 1. The third-order valence-electron chi connectivity index (χ3n) is 8.85. The van der Waals surface area contributed by atoms with Gasteiger partial charge in [-0.05, 0) is 62.4 Å². The van der Waals surface area contributed by atoms with Crippen LogP contribution in [0, 0.1) is 11.3 Å². The predicted octanol–water partition coefficient (Wildman–Crippen LogP) is 3.66. The number of sulfonamides is 1. The van der Waals surface area contributed by atoms with E-state index < -0.39 is 51.0 Å². The molecule has 12 heteroatoms. The Bertz CT molecular complexity index is 1400. The lowest BCUT2D eigenvalue weighted by Crippen LogP contribution is -2.55. The first kappa shape index (κ1) is 32.9. The van der Waals surface area contributed by atoms with Crippen molar-refractivity contribution in [3.63, 3.8) is 0 Å². The van der Waals surface area contributed by atoms with E-state index in [2.05, 4.69) is 5.32 Å². The summed E-state index contributed by atoms with van der Waals surface area (Å²) in [5.41, 5.74) is -0.809. The minimum atomic E-state index is -4.12. The normalized spacial score (nSPS) is 26.7. The smallest absolute Gasteiger partial charge is 0.408 e. The number of alkyl carbamates (subject to hydrolysis) is 1. The van der Waals surface area contributed by atoms with Crippen LogP contribution in [-0.4, -0.2) is 84.8 Å². The van der Waals surface area contributed by atoms with Gasteiger partial charge in [-0.1, -0.05) is 51.1 Å². The second-order valence-corrected chi connectivity index (χ2v) is 14.3. The van der Waals surface area contributed by atoms with E-state index in [1.807, 2.05) is 65.0 Å². The second-order valence-electron chi connectivity index (χ2n) is 12.3. The van der Waals surface area contributed by atoms with Crippen molar-refractivity contribution in [3.05, 3.63) is 65.7 Å². The van der Waals surface area contributed by atoms with Gasteiger partial charge in [0.1, 0.15) is 5.60 Å². The maximum Gasteiger partial charge on any atom is 0.408 e. The number of aromatic carboxylic acids is 1. The Morgan fingerprint density at radius 1 is 1.02 bits per heavy atom. The molecule has 4 rings (SSSR count). The van der Waals surface area contributed by atoms with E-state index in [4.69, 9.17) is 14.2 Å². The number of aliphatic hydroxyl groups is 1. The van der Waals surface area contributed by atoms with Gasteiger partial charge in [0.05, 0.1) is 41.2 Å². The summed E-state index contributed by atoms with van der Waals surface area (Å²) in [6, 6.07) is 13.3. The molecule has 0 unspecified atom stereocenters. The summed E-state index contributed by atoms with van der Waals surface area (Å²) >= 11 is 0. The van der Waals surface area contributed by atoms with Crippen LogP contribution in [0.2, 0.25) is 0 Å². The molecule has 2 aliphatic heterocycles. The summed E-state index contributed by atoms with van der Waals surface area (Å²) < 4.78 is 46.3. The monoisotopic (exact) mass is 618 g/mol. The SMILES string of the molecule is CC(C)CN(C[C@@H](O)[C@H](Cc1ccccc1)NC(=O)O[C@@]1(C)CO[C@@]2(C)OCC[C@]21C)S(=O)(=O)c1ccc(C(=O)O)cc1. The highest BCUT2D eigenvalue weighted by molar-refractivity contribution is 7.89. The molecule has 2 heterocycles. The highest BCUT2D eigenvalue weighted by Crippen LogP contribution is 2.57. The molecule has 0 radical (unpaired) electrons. The quantitative estimate of drug-likeness (QED) is 0.324. The van der Waals surface area contributed by atoms with Gasteiger partial charge >= 0.3 is 12.1 Å². The molecule has 0 saturated carbocycles. The predicted molar refractivity (Wildman–Crippen MR) is 158 cm³/mol. The third kappa shape index (κ3) is 6.73. The van der Waals surface area contributed by atoms with Gasteiger partial charge in [0.15, 0.2) is 5.79 Å². The van der Waals surface area contributed by atoms with Crippen molar-refractivity contribution in [2.24, 2.45) is 11.3 Å². The molecule has 0 aliphatic carbocycles. The number of aliphatic hydroxyl groups excluding tert-OH is 1. The molecule has 2 aromatic rings. The number of nitrogens with zero attached hydrogens (tertiary/aromatic N) is 1. The number of fused-ring (bicyclic) bond motifs is 1. The van der Waals surface area contributed by atoms with E-state index in [1.54, 1.807) is 0 Å². The first-order valence-corrected chi connectivity index (χ1v) is 15.9. The van der Waals surface area contributed by atoms with E-state index >= 15 is 0 Å². The summed E-state index contributed by atoms with van der Waals surface area (Å²) in [4.78, 5) is 24.6. The zero-order valence-electron chi connectivity index (χ0n) is 25.3. The summed E-state index contributed by atoms with van der Waals surface area (Å²) in [6.07, 6.45) is -1.22. The van der Waals surface area contributed by atoms with Crippen LogP contribution in [0.3, 0.4) is 0 Å². The minimum Gasteiger partial charge on any atom is -0.478 e. The van der Waals surface area contributed by atoms with Gasteiger partial charge < -0.3 is 29.7 Å². The Balaban J connectivity index is 1.56. The van der Waals surface area contributed by atoms with Gasteiger partial charge in [0.25, 0.3) is 0 Å². The molecule has 43 heavy (non-hydrogen) atoms. The van der Waals surface area contributed by atoms with Crippen LogP contribution in [-0.2, 0) is 30.7 Å². The molecule has 0 aromatic heterocycles. The second kappa shape index (κ2) is 12.5. The Hall–Kier alpha value is -3.03. The van der Waals surface area contributed by atoms with Crippen molar-refractivity contribution < 1.29 is 42.4 Å². The van der Waals surface area contributed by atoms with Crippen LogP contribution >= 0.6 is 0 Å². The van der Waals surface area contributed by atoms with Gasteiger partial charge in [-0.3, -0.25) is 0 Å². The zero-order valence-corrected chi connectivity index (χ0v) is 26.1. The fourth-order valence-electron chi connectivity index (χ4n) is 5.83. The molecule has 3 N–H and O–H groups in total. The number of ether oxygens (including phenoxy) is 3. The number of benzene rings is 2. The summed E-state index contributed by atoms with van der Waals surface area (Å²) in [5.74, 6) is -2.15. The maximum atomic E-state index is 13.7. The van der Waals surface area contributed by atoms with Crippen molar-refractivity contribution in [1.29, 1.82) is 0 Å². The average molecular weight is 619 g/mol. The van der Waals surface area contributed by atoms with Crippen LogP contribution in [0.4, 0.5) is 4.79 Å². The molecular formula is C31H42N2O9S. The number of rotatable bonds is 12. The van der Waals surface area contributed by atoms with Gasteiger partial charge in [-0.2, -0.15) is 4.31 Å². The Morgan fingerprint density at radius 2 is 1.67 bits per heavy atom. The maximum absolute atomic E-state index is 13.7. The molecule has 2 aliphatic rings. The van der Waals surface area contributed by atoms with Gasteiger partial charge in [-0.15, -0.1) is 0 Å². The number of carbonyl (C=O) groups excluding carboxylic acids is 1. The van der Waals surface area contributed by atoms with E-state index in [1.165, 1.54) is 24.3 Å². The molecule has 2 fully saturated rings. The van der Waals surface area contributed by atoms with Crippen LogP contribution in [0.5, 0.6) is 0 Å². The number of nitrogens with one attached hydrogen (secondary N) is 1. The Labute approximate surface area is 253 Å². The van der Waals surface area contributed by atoms with Crippen molar-refractivity contribution in [2.45, 2.75) is 75.9 Å². The van der Waals surface area contributed by atoms with E-state index in [0.717, 1.165) is 9.87 Å². The lowest BCUT2D eigenvalue weighted by Gasteiger charge is -2.40. The molecule has 1 amide bonds. The largest absolute Gasteiger partial charge is 0.478 e. The van der Waals surface area contributed by atoms with Crippen molar-refractivity contribution >= 4 is 22.1 Å². The fraction of sp³-hybridized carbons (Fsp3) is 0.548. The standard InChI is InChI=1S/C31H42N2O9S/c1-21(2)18-33(43(38,39)24-13-11-23(12-14-24)27(35)36)19-26(34)25(17-22-9-7-6-8-10-22)32-28(37)42-30(4)20-41-31(5)29(30,3)15-16-40-31/h6-14,21,25-26,34H,15-20H2,1-5H3,(H,32,37)(H,35,36)/t25-,26+,29-,30-,31+/m0/s1. The molecule has 236 valence electrons. The summed E-state index contributed by atoms with van der Waals surface area (Å²) in [7, 11) is -4.12. The minimum absolute atomic E-state index is 0.0419. The fourth-order valence-corrected chi connectivity index (χ4v) is 7.45. The van der Waals surface area contributed by atoms with Gasteiger partial charge in [0.2, 0.25) is 10.0 Å². The lowest BCUT2D eigenvalue weighted by atomic mass is 9.70. The summed E-state index contributed by atoms with van der Waals surface area (Å²) in [6.45, 7) is 9.71. The molecule has 5 atom stereocenters. The van der Waals surface area contributed by atoms with Gasteiger partial charge in [0, 0.05) is 13.1 Å². The molecule has 0 spiro atoms. The summed E-state index contributed by atoms with van der Waals surface area (Å²) in [5, 5.41) is 23.5. The molecule has 0 bridgehead atoms.